The van der Waals surface area contributed by atoms with E-state index < -0.39 is 40.8 Å². The van der Waals surface area contributed by atoms with Gasteiger partial charge in [-0.2, -0.15) is 13.2 Å². The van der Waals surface area contributed by atoms with E-state index in [0.29, 0.717) is 18.4 Å². The molecule has 0 bridgehead atoms. The first-order valence-corrected chi connectivity index (χ1v) is 10.1. The molecule has 1 heterocycles. The van der Waals surface area contributed by atoms with E-state index in [0.717, 1.165) is 31.1 Å². The van der Waals surface area contributed by atoms with Crippen LogP contribution in [0.1, 0.15) is 51.5 Å². The molecule has 1 aliphatic carbocycles. The summed E-state index contributed by atoms with van der Waals surface area (Å²) >= 11 is 0. The number of benzene rings is 1. The summed E-state index contributed by atoms with van der Waals surface area (Å²) in [5.74, 6) is -3.65. The van der Waals surface area contributed by atoms with Crippen molar-refractivity contribution >= 4 is 17.6 Å². The number of nitrogens with one attached hydrogen (secondary N) is 1. The van der Waals surface area contributed by atoms with Crippen molar-refractivity contribution in [1.29, 1.82) is 0 Å². The van der Waals surface area contributed by atoms with Gasteiger partial charge in [0.05, 0.1) is 12.1 Å². The number of carbonyl (C=O) groups is 3. The van der Waals surface area contributed by atoms with Crippen molar-refractivity contribution in [1.82, 2.24) is 10.2 Å². The zero-order chi connectivity index (χ0) is 22.1. The molecule has 30 heavy (non-hydrogen) atoms. The molecule has 5 nitrogen and oxygen atoms in total. The van der Waals surface area contributed by atoms with E-state index in [9.17, 15) is 27.6 Å². The van der Waals surface area contributed by atoms with Crippen LogP contribution in [0.3, 0.4) is 0 Å². The smallest absolute Gasteiger partial charge is 0.330 e. The molecule has 162 valence electrons. The molecule has 1 aromatic carbocycles. The Bertz CT molecular complexity index is 873. The maximum absolute atomic E-state index is 14.4. The van der Waals surface area contributed by atoms with Crippen molar-refractivity contribution in [2.45, 2.75) is 64.2 Å². The van der Waals surface area contributed by atoms with Crippen LogP contribution < -0.4 is 5.32 Å². The standard InChI is InChI=1S/C22H25F3N2O3/c1-14-18(15(2)28)21(22(23,24)25,26-19(29)17-11-7-4-8-12-17)20(30)27(14)13-16-9-5-3-6-10-16/h3,5-6,9-10,17H,4,7-8,11-13H2,1-2H3,(H,26,29). The lowest BCUT2D eigenvalue weighted by atomic mass is 9.84. The van der Waals surface area contributed by atoms with Crippen LogP contribution >= 0.6 is 0 Å². The van der Waals surface area contributed by atoms with Gasteiger partial charge in [0, 0.05) is 11.6 Å². The topological polar surface area (TPSA) is 66.5 Å². The van der Waals surface area contributed by atoms with Crippen molar-refractivity contribution in [3.8, 4) is 0 Å². The molecule has 0 aromatic heterocycles. The molecule has 1 unspecified atom stereocenters. The third-order valence-electron chi connectivity index (χ3n) is 5.96. The molecular formula is C22H25F3N2O3. The van der Waals surface area contributed by atoms with Gasteiger partial charge in [0.1, 0.15) is 0 Å². The second-order valence-corrected chi connectivity index (χ2v) is 7.97. The Labute approximate surface area is 173 Å². The minimum absolute atomic E-state index is 0.0855. The second-order valence-electron chi connectivity index (χ2n) is 7.97. The Kier molecular flexibility index (Phi) is 6.06. The Morgan fingerprint density at radius 3 is 2.27 bits per heavy atom. The van der Waals surface area contributed by atoms with Crippen molar-refractivity contribution in [2.75, 3.05) is 0 Å². The van der Waals surface area contributed by atoms with Crippen LogP contribution in [0.2, 0.25) is 0 Å². The van der Waals surface area contributed by atoms with Gasteiger partial charge in [-0.05, 0) is 32.3 Å². The van der Waals surface area contributed by atoms with E-state index in [2.05, 4.69) is 0 Å². The normalized spacial score (nSPS) is 23.1. The number of alkyl halides is 3. The highest BCUT2D eigenvalue weighted by Gasteiger charge is 2.70. The number of Topliss-reactive ketones (excluding diaryl/α,β-unsaturated/α-hetero) is 1. The average molecular weight is 422 g/mol. The van der Waals surface area contributed by atoms with E-state index in [1.807, 2.05) is 5.32 Å². The predicted octanol–water partition coefficient (Wildman–Crippen LogP) is 3.89. The van der Waals surface area contributed by atoms with Crippen molar-refractivity contribution in [3.05, 3.63) is 47.2 Å². The average Bonchev–Trinajstić information content (AvgIpc) is 2.91. The highest BCUT2D eigenvalue weighted by Crippen LogP contribution is 2.45. The molecule has 2 aliphatic rings. The summed E-state index contributed by atoms with van der Waals surface area (Å²) in [6.45, 7) is 2.18. The number of allylic oxidation sites excluding steroid dienone is 1. The Balaban J connectivity index is 2.04. The first kappa shape index (κ1) is 22.1. The predicted molar refractivity (Wildman–Crippen MR) is 104 cm³/mol. The molecule has 1 aromatic rings. The summed E-state index contributed by atoms with van der Waals surface area (Å²) in [6.07, 6.45) is -1.80. The van der Waals surface area contributed by atoms with Crippen molar-refractivity contribution in [3.63, 3.8) is 0 Å². The van der Waals surface area contributed by atoms with Gasteiger partial charge in [-0.25, -0.2) is 0 Å². The Hall–Kier alpha value is -2.64. The van der Waals surface area contributed by atoms with Crippen LogP contribution in [0.4, 0.5) is 13.2 Å². The van der Waals surface area contributed by atoms with Crippen LogP contribution in [0.5, 0.6) is 0 Å². The highest BCUT2D eigenvalue weighted by atomic mass is 19.4. The fourth-order valence-corrected chi connectivity index (χ4v) is 4.44. The highest BCUT2D eigenvalue weighted by molar-refractivity contribution is 6.12. The van der Waals surface area contributed by atoms with E-state index >= 15 is 0 Å². The lowest BCUT2D eigenvalue weighted by Gasteiger charge is -2.35. The summed E-state index contributed by atoms with van der Waals surface area (Å²) in [5, 5.41) is 2.00. The quantitative estimate of drug-likeness (QED) is 0.783. The van der Waals surface area contributed by atoms with E-state index in [4.69, 9.17) is 0 Å². The van der Waals surface area contributed by atoms with Crippen LogP contribution in [0.15, 0.2) is 41.6 Å². The lowest BCUT2D eigenvalue weighted by Crippen LogP contribution is -2.66. The number of halogens is 3. The molecule has 0 saturated heterocycles. The number of hydrogen-bond donors (Lipinski definition) is 1. The molecule has 0 spiro atoms. The maximum Gasteiger partial charge on any atom is 0.425 e. The number of rotatable bonds is 5. The van der Waals surface area contributed by atoms with Gasteiger partial charge in [0.15, 0.2) is 5.78 Å². The van der Waals surface area contributed by atoms with Crippen LogP contribution in [0.25, 0.3) is 0 Å². The Morgan fingerprint density at radius 1 is 1.13 bits per heavy atom. The van der Waals surface area contributed by atoms with Gasteiger partial charge in [-0.15, -0.1) is 0 Å². The summed E-state index contributed by atoms with van der Waals surface area (Å²) in [4.78, 5) is 39.3. The molecule has 2 amide bonds. The van der Waals surface area contributed by atoms with Crippen LogP contribution in [0, 0.1) is 5.92 Å². The molecule has 1 atom stereocenters. The SMILES string of the molecule is CC(=O)C1=C(C)N(Cc2ccccc2)C(=O)C1(NC(=O)C1CCCCC1)C(F)(F)F. The molecule has 1 saturated carbocycles. The molecule has 1 fully saturated rings. The van der Waals surface area contributed by atoms with Gasteiger partial charge < -0.3 is 10.2 Å². The minimum atomic E-state index is -5.16. The van der Waals surface area contributed by atoms with Crippen LogP contribution in [-0.2, 0) is 20.9 Å². The molecule has 0 radical (unpaired) electrons. The van der Waals surface area contributed by atoms with Crippen LogP contribution in [-0.4, -0.2) is 34.2 Å². The second kappa shape index (κ2) is 8.24. The number of amides is 2. The zero-order valence-electron chi connectivity index (χ0n) is 17.0. The van der Waals surface area contributed by atoms with Gasteiger partial charge >= 0.3 is 6.18 Å². The largest absolute Gasteiger partial charge is 0.425 e. The number of hydrogen-bond acceptors (Lipinski definition) is 3. The van der Waals surface area contributed by atoms with Gasteiger partial charge in [-0.3, -0.25) is 14.4 Å². The third kappa shape index (κ3) is 3.75. The summed E-state index contributed by atoms with van der Waals surface area (Å²) in [7, 11) is 0. The van der Waals surface area contributed by atoms with Gasteiger partial charge in [-0.1, -0.05) is 49.6 Å². The fraction of sp³-hybridized carbons (Fsp3) is 0.500. The number of ketones is 1. The minimum Gasteiger partial charge on any atom is -0.330 e. The summed E-state index contributed by atoms with van der Waals surface area (Å²) in [6, 6.07) is 8.54. The molecule has 3 rings (SSSR count). The third-order valence-corrected chi connectivity index (χ3v) is 5.96. The molecular weight excluding hydrogens is 397 g/mol. The zero-order valence-corrected chi connectivity index (χ0v) is 17.0. The Morgan fingerprint density at radius 2 is 1.73 bits per heavy atom. The van der Waals surface area contributed by atoms with Crippen molar-refractivity contribution in [2.24, 2.45) is 5.92 Å². The lowest BCUT2D eigenvalue weighted by molar-refractivity contribution is -0.195. The molecule has 8 heteroatoms. The monoisotopic (exact) mass is 422 g/mol. The maximum atomic E-state index is 14.4. The number of carbonyl (C=O) groups excluding carboxylic acids is 3. The molecule has 1 aliphatic heterocycles. The first-order chi connectivity index (χ1) is 14.1. The molecule has 1 N–H and O–H groups in total. The summed E-state index contributed by atoms with van der Waals surface area (Å²) in [5.41, 5.74) is -3.53. The number of nitrogens with zero attached hydrogens (tertiary/aromatic N) is 1. The summed E-state index contributed by atoms with van der Waals surface area (Å²) < 4.78 is 43.3. The first-order valence-electron chi connectivity index (χ1n) is 10.1. The van der Waals surface area contributed by atoms with E-state index in [1.165, 1.54) is 6.92 Å². The fourth-order valence-electron chi connectivity index (χ4n) is 4.44. The van der Waals surface area contributed by atoms with E-state index in [-0.39, 0.29) is 12.2 Å². The van der Waals surface area contributed by atoms with Crippen molar-refractivity contribution < 1.29 is 27.6 Å². The van der Waals surface area contributed by atoms with Gasteiger partial charge in [0.25, 0.3) is 5.91 Å². The van der Waals surface area contributed by atoms with E-state index in [1.54, 1.807) is 30.3 Å². The van der Waals surface area contributed by atoms with Gasteiger partial charge in [0.2, 0.25) is 11.4 Å².